The van der Waals surface area contributed by atoms with Gasteiger partial charge in [-0.1, -0.05) is 18.2 Å². The molecule has 106 valence electrons. The molecule has 1 aliphatic rings. The Kier molecular flexibility index (Phi) is 6.14. The van der Waals surface area contributed by atoms with E-state index in [9.17, 15) is 0 Å². The molecular weight excluding hydrogens is 242 g/mol. The van der Waals surface area contributed by atoms with Gasteiger partial charge in [-0.25, -0.2) is 0 Å². The molecule has 0 bridgehead atoms. The van der Waals surface area contributed by atoms with Crippen molar-refractivity contribution in [3.05, 3.63) is 29.8 Å². The summed E-state index contributed by atoms with van der Waals surface area (Å²) in [6.45, 7) is 3.88. The molecule has 1 fully saturated rings. The molecule has 2 rings (SSSR count). The van der Waals surface area contributed by atoms with Crippen molar-refractivity contribution in [2.24, 2.45) is 0 Å². The van der Waals surface area contributed by atoms with E-state index in [0.29, 0.717) is 6.61 Å². The first-order valence-corrected chi connectivity index (χ1v) is 6.92. The summed E-state index contributed by atoms with van der Waals surface area (Å²) in [5.41, 5.74) is 1.18. The lowest BCUT2D eigenvalue weighted by Crippen LogP contribution is -2.20. The third kappa shape index (κ3) is 4.82. The van der Waals surface area contributed by atoms with Gasteiger partial charge in [0.25, 0.3) is 0 Å². The molecule has 1 aliphatic heterocycles. The zero-order valence-electron chi connectivity index (χ0n) is 11.6. The fraction of sp³-hybridized carbons (Fsp3) is 0.600. The highest BCUT2D eigenvalue weighted by Gasteiger charge is 2.16. The van der Waals surface area contributed by atoms with Crippen LogP contribution in [0.1, 0.15) is 18.4 Å². The van der Waals surface area contributed by atoms with Crippen LogP contribution >= 0.6 is 0 Å². The molecule has 19 heavy (non-hydrogen) atoms. The molecule has 1 heterocycles. The van der Waals surface area contributed by atoms with Gasteiger partial charge in [-0.2, -0.15) is 0 Å². The quantitative estimate of drug-likeness (QED) is 0.730. The molecule has 1 atom stereocenters. The minimum absolute atomic E-state index is 0.259. The van der Waals surface area contributed by atoms with E-state index in [0.717, 1.165) is 44.9 Å². The largest absolute Gasteiger partial charge is 0.491 e. The maximum Gasteiger partial charge on any atom is 0.123 e. The van der Waals surface area contributed by atoms with Gasteiger partial charge in [-0.15, -0.1) is 0 Å². The molecule has 4 nitrogen and oxygen atoms in total. The van der Waals surface area contributed by atoms with E-state index in [2.05, 4.69) is 11.4 Å². The average Bonchev–Trinajstić information content (AvgIpc) is 2.96. The monoisotopic (exact) mass is 265 g/mol. The lowest BCUT2D eigenvalue weighted by atomic mass is 10.2. The predicted octanol–water partition coefficient (Wildman–Crippen LogP) is 1.98. The van der Waals surface area contributed by atoms with E-state index in [-0.39, 0.29) is 6.10 Å². The molecule has 1 aromatic rings. The summed E-state index contributed by atoms with van der Waals surface area (Å²) in [6.07, 6.45) is 2.51. The maximum absolute atomic E-state index is 5.88. The molecule has 0 radical (unpaired) electrons. The number of para-hydroxylation sites is 1. The van der Waals surface area contributed by atoms with Crippen molar-refractivity contribution in [3.63, 3.8) is 0 Å². The maximum atomic E-state index is 5.88. The molecule has 1 unspecified atom stereocenters. The summed E-state index contributed by atoms with van der Waals surface area (Å²) in [4.78, 5) is 0. The highest BCUT2D eigenvalue weighted by molar-refractivity contribution is 5.33. The standard InChI is InChI=1S/C15H23NO3/c1-17-10-8-16-11-13-5-2-3-7-15(13)19-12-14-6-4-9-18-14/h2-3,5,7,14,16H,4,6,8-12H2,1H3. The molecule has 0 aromatic heterocycles. The van der Waals surface area contributed by atoms with Crippen LogP contribution in [0.15, 0.2) is 24.3 Å². The van der Waals surface area contributed by atoms with E-state index in [1.165, 1.54) is 5.56 Å². The first kappa shape index (κ1) is 14.3. The van der Waals surface area contributed by atoms with Crippen LogP contribution in [0.5, 0.6) is 5.75 Å². The first-order chi connectivity index (χ1) is 9.40. The van der Waals surface area contributed by atoms with E-state index in [1.54, 1.807) is 7.11 Å². The van der Waals surface area contributed by atoms with Gasteiger partial charge in [0.1, 0.15) is 12.4 Å². The van der Waals surface area contributed by atoms with Gasteiger partial charge in [0.2, 0.25) is 0 Å². The van der Waals surface area contributed by atoms with Gasteiger partial charge in [-0.05, 0) is 18.9 Å². The number of rotatable bonds is 8. The Bertz CT molecular complexity index is 364. The van der Waals surface area contributed by atoms with Crippen molar-refractivity contribution in [2.45, 2.75) is 25.5 Å². The minimum Gasteiger partial charge on any atom is -0.491 e. The molecule has 0 amide bonds. The van der Waals surface area contributed by atoms with E-state index in [1.807, 2.05) is 18.2 Å². The summed E-state index contributed by atoms with van der Waals surface area (Å²) in [6, 6.07) is 8.14. The van der Waals surface area contributed by atoms with Crippen LogP contribution in [0, 0.1) is 0 Å². The molecule has 1 aromatic carbocycles. The fourth-order valence-corrected chi connectivity index (χ4v) is 2.15. The lowest BCUT2D eigenvalue weighted by molar-refractivity contribution is 0.0676. The van der Waals surface area contributed by atoms with Crippen LogP contribution in [-0.4, -0.2) is 39.6 Å². The highest BCUT2D eigenvalue weighted by Crippen LogP contribution is 2.20. The molecular formula is C15H23NO3. The second kappa shape index (κ2) is 8.15. The Balaban J connectivity index is 1.80. The topological polar surface area (TPSA) is 39.7 Å². The third-order valence-electron chi connectivity index (χ3n) is 3.22. The summed E-state index contributed by atoms with van der Waals surface area (Å²) >= 11 is 0. The molecule has 0 saturated carbocycles. The third-order valence-corrected chi connectivity index (χ3v) is 3.22. The smallest absolute Gasteiger partial charge is 0.123 e. The number of hydrogen-bond donors (Lipinski definition) is 1. The number of benzene rings is 1. The summed E-state index contributed by atoms with van der Waals surface area (Å²) < 4.78 is 16.5. The molecule has 0 spiro atoms. The summed E-state index contributed by atoms with van der Waals surface area (Å²) in [7, 11) is 1.71. The van der Waals surface area contributed by atoms with Crippen molar-refractivity contribution in [1.29, 1.82) is 0 Å². The zero-order chi connectivity index (χ0) is 13.3. The number of hydrogen-bond acceptors (Lipinski definition) is 4. The van der Waals surface area contributed by atoms with Crippen molar-refractivity contribution >= 4 is 0 Å². The molecule has 0 aliphatic carbocycles. The van der Waals surface area contributed by atoms with E-state index >= 15 is 0 Å². The van der Waals surface area contributed by atoms with E-state index < -0.39 is 0 Å². The molecule has 1 saturated heterocycles. The lowest BCUT2D eigenvalue weighted by Gasteiger charge is -2.15. The Morgan fingerprint density at radius 1 is 1.37 bits per heavy atom. The fourth-order valence-electron chi connectivity index (χ4n) is 2.15. The van der Waals surface area contributed by atoms with Gasteiger partial charge in [-0.3, -0.25) is 0 Å². The number of ether oxygens (including phenoxy) is 3. The highest BCUT2D eigenvalue weighted by atomic mass is 16.5. The van der Waals surface area contributed by atoms with Crippen LogP contribution in [-0.2, 0) is 16.0 Å². The molecule has 1 N–H and O–H groups in total. The van der Waals surface area contributed by atoms with Crippen LogP contribution in [0.3, 0.4) is 0 Å². The van der Waals surface area contributed by atoms with Gasteiger partial charge >= 0.3 is 0 Å². The zero-order valence-corrected chi connectivity index (χ0v) is 11.6. The summed E-state index contributed by atoms with van der Waals surface area (Å²) in [5, 5.41) is 3.33. The number of methoxy groups -OCH3 is 1. The Morgan fingerprint density at radius 3 is 3.05 bits per heavy atom. The number of nitrogens with one attached hydrogen (secondary N) is 1. The van der Waals surface area contributed by atoms with Crippen molar-refractivity contribution in [1.82, 2.24) is 5.32 Å². The Hall–Kier alpha value is -1.10. The van der Waals surface area contributed by atoms with Gasteiger partial charge in [0, 0.05) is 32.4 Å². The predicted molar refractivity (Wildman–Crippen MR) is 74.5 cm³/mol. The second-order valence-electron chi connectivity index (χ2n) is 4.72. The van der Waals surface area contributed by atoms with E-state index in [4.69, 9.17) is 14.2 Å². The van der Waals surface area contributed by atoms with Crippen LogP contribution in [0.25, 0.3) is 0 Å². The van der Waals surface area contributed by atoms with Gasteiger partial charge in [0.05, 0.1) is 12.7 Å². The summed E-state index contributed by atoms with van der Waals surface area (Å²) in [5.74, 6) is 0.947. The molecule has 4 heteroatoms. The Morgan fingerprint density at radius 2 is 2.26 bits per heavy atom. The van der Waals surface area contributed by atoms with Crippen molar-refractivity contribution in [2.75, 3.05) is 33.5 Å². The normalized spacial score (nSPS) is 18.7. The first-order valence-electron chi connectivity index (χ1n) is 6.92. The van der Waals surface area contributed by atoms with Crippen LogP contribution in [0.4, 0.5) is 0 Å². The van der Waals surface area contributed by atoms with Crippen molar-refractivity contribution < 1.29 is 14.2 Å². The van der Waals surface area contributed by atoms with Crippen molar-refractivity contribution in [3.8, 4) is 5.75 Å². The average molecular weight is 265 g/mol. The Labute approximate surface area is 115 Å². The van der Waals surface area contributed by atoms with Gasteiger partial charge < -0.3 is 19.5 Å². The van der Waals surface area contributed by atoms with Crippen LogP contribution < -0.4 is 10.1 Å². The SMILES string of the molecule is COCCNCc1ccccc1OCC1CCCO1. The minimum atomic E-state index is 0.259. The second-order valence-corrected chi connectivity index (χ2v) is 4.72. The van der Waals surface area contributed by atoms with Crippen LogP contribution in [0.2, 0.25) is 0 Å². The van der Waals surface area contributed by atoms with Gasteiger partial charge in [0.15, 0.2) is 0 Å².